The summed E-state index contributed by atoms with van der Waals surface area (Å²) in [6.07, 6.45) is 3.17. The van der Waals surface area contributed by atoms with Crippen LogP contribution in [0.15, 0.2) is 54.9 Å². The maximum atomic E-state index is 13.7. The number of thiazole rings is 1. The van der Waals surface area contributed by atoms with E-state index in [2.05, 4.69) is 20.3 Å². The van der Waals surface area contributed by atoms with Crippen molar-refractivity contribution in [3.05, 3.63) is 66.5 Å². The molecule has 0 amide bonds. The van der Waals surface area contributed by atoms with Crippen molar-refractivity contribution < 1.29 is 13.5 Å². The number of hydrogen-bond acceptors (Lipinski definition) is 6. The third-order valence-corrected chi connectivity index (χ3v) is 4.17. The highest BCUT2D eigenvalue weighted by Crippen LogP contribution is 2.30. The number of benzene rings is 1. The summed E-state index contributed by atoms with van der Waals surface area (Å²) in [6, 6.07) is 10.2. The van der Waals surface area contributed by atoms with Crippen LogP contribution in [0.3, 0.4) is 0 Å². The van der Waals surface area contributed by atoms with Gasteiger partial charge < -0.3 is 10.1 Å². The first-order valence-electron chi connectivity index (χ1n) is 7.25. The minimum atomic E-state index is -0.774. The van der Waals surface area contributed by atoms with Crippen LogP contribution in [-0.4, -0.2) is 15.0 Å². The molecule has 25 heavy (non-hydrogen) atoms. The van der Waals surface area contributed by atoms with E-state index < -0.39 is 17.4 Å². The summed E-state index contributed by atoms with van der Waals surface area (Å²) in [5.74, 6) is -1.31. The van der Waals surface area contributed by atoms with Crippen molar-refractivity contribution in [1.82, 2.24) is 15.0 Å². The normalized spacial score (nSPS) is 10.8. The van der Waals surface area contributed by atoms with Crippen LogP contribution in [0.1, 0.15) is 0 Å². The molecule has 5 nitrogen and oxygen atoms in total. The van der Waals surface area contributed by atoms with Crippen molar-refractivity contribution in [3.63, 3.8) is 0 Å². The van der Waals surface area contributed by atoms with Gasteiger partial charge in [0.25, 0.3) is 0 Å². The molecule has 3 heterocycles. The van der Waals surface area contributed by atoms with E-state index in [-0.39, 0.29) is 5.75 Å². The maximum Gasteiger partial charge on any atom is 0.198 e. The van der Waals surface area contributed by atoms with Gasteiger partial charge in [-0.05, 0) is 30.3 Å². The minimum absolute atomic E-state index is 0.251. The summed E-state index contributed by atoms with van der Waals surface area (Å²) in [5.41, 5.74) is 0.774. The number of nitrogens with one attached hydrogen (secondary N) is 1. The number of rotatable bonds is 4. The van der Waals surface area contributed by atoms with E-state index in [0.717, 1.165) is 22.5 Å². The van der Waals surface area contributed by atoms with Crippen LogP contribution in [0.4, 0.5) is 19.7 Å². The Kier molecular flexibility index (Phi) is 3.95. The number of hydrogen-bond donors (Lipinski definition) is 1. The second kappa shape index (κ2) is 6.40. The van der Waals surface area contributed by atoms with Gasteiger partial charge in [-0.2, -0.15) is 0 Å². The quantitative estimate of drug-likeness (QED) is 0.563. The summed E-state index contributed by atoms with van der Waals surface area (Å²) in [7, 11) is 0. The fourth-order valence-corrected chi connectivity index (χ4v) is 2.99. The smallest absolute Gasteiger partial charge is 0.198 e. The van der Waals surface area contributed by atoms with Crippen LogP contribution in [0, 0.1) is 11.6 Å². The van der Waals surface area contributed by atoms with Crippen molar-refractivity contribution in [2.75, 3.05) is 5.32 Å². The van der Waals surface area contributed by atoms with Crippen LogP contribution >= 0.6 is 11.3 Å². The molecule has 124 valence electrons. The highest BCUT2D eigenvalue weighted by molar-refractivity contribution is 7.21. The molecule has 8 heteroatoms. The highest BCUT2D eigenvalue weighted by atomic mass is 32.1. The fraction of sp³-hybridized carbons (Fsp3) is 0. The zero-order valence-electron chi connectivity index (χ0n) is 12.6. The van der Waals surface area contributed by atoms with E-state index in [0.29, 0.717) is 10.9 Å². The molecular formula is C17H10F2N4OS. The van der Waals surface area contributed by atoms with Crippen molar-refractivity contribution >= 4 is 32.6 Å². The summed E-state index contributed by atoms with van der Waals surface area (Å²) in [5, 5.41) is 3.64. The average Bonchev–Trinajstić information content (AvgIpc) is 3.01. The Hall–Kier alpha value is -3.13. The van der Waals surface area contributed by atoms with Crippen molar-refractivity contribution in [1.29, 1.82) is 0 Å². The van der Waals surface area contributed by atoms with E-state index in [9.17, 15) is 8.78 Å². The summed E-state index contributed by atoms with van der Waals surface area (Å²) in [6.45, 7) is 0. The van der Waals surface area contributed by atoms with E-state index >= 15 is 0 Å². The zero-order chi connectivity index (χ0) is 17.2. The lowest BCUT2D eigenvalue weighted by molar-refractivity contribution is 0.407. The number of nitrogens with zero attached hydrogens (tertiary/aromatic N) is 3. The maximum absolute atomic E-state index is 13.7. The molecule has 3 aromatic heterocycles. The third-order valence-electron chi connectivity index (χ3n) is 3.27. The lowest BCUT2D eigenvalue weighted by Gasteiger charge is -2.09. The second-order valence-corrected chi connectivity index (χ2v) is 5.98. The third kappa shape index (κ3) is 3.24. The molecule has 0 aliphatic rings. The standard InChI is InChI=1S/C17H10F2N4OS/c18-11-3-1-4-12(19)15(11)24-10-6-8-20-14(9-10)23-17-22-13-5-2-7-21-16(13)25-17/h1-9H,(H,20,22,23). The Morgan fingerprint density at radius 2 is 1.80 bits per heavy atom. The molecule has 0 saturated carbocycles. The van der Waals surface area contributed by atoms with Crippen molar-refractivity contribution in [2.45, 2.75) is 0 Å². The Bertz CT molecular complexity index is 1000. The first kappa shape index (κ1) is 15.4. The van der Waals surface area contributed by atoms with Gasteiger partial charge in [0, 0.05) is 18.5 Å². The topological polar surface area (TPSA) is 59.9 Å². The SMILES string of the molecule is Fc1cccc(F)c1Oc1ccnc(Nc2nc3cccnc3s2)c1. The lowest BCUT2D eigenvalue weighted by Crippen LogP contribution is -1.95. The first-order chi connectivity index (χ1) is 12.2. The largest absolute Gasteiger partial charge is 0.451 e. The first-order valence-corrected chi connectivity index (χ1v) is 8.07. The predicted octanol–water partition coefficient (Wildman–Crippen LogP) is 4.90. The van der Waals surface area contributed by atoms with Crippen LogP contribution in [-0.2, 0) is 0 Å². The molecule has 0 saturated heterocycles. The van der Waals surface area contributed by atoms with Gasteiger partial charge in [0.1, 0.15) is 21.9 Å². The Balaban J connectivity index is 1.59. The summed E-state index contributed by atoms with van der Waals surface area (Å²) < 4.78 is 32.7. The molecule has 4 rings (SSSR count). The highest BCUT2D eigenvalue weighted by Gasteiger charge is 2.12. The van der Waals surface area contributed by atoms with Gasteiger partial charge in [0.2, 0.25) is 0 Å². The molecule has 0 spiro atoms. The van der Waals surface area contributed by atoms with Gasteiger partial charge in [-0.3, -0.25) is 0 Å². The molecule has 4 aromatic rings. The number of anilines is 2. The van der Waals surface area contributed by atoms with Gasteiger partial charge in [-0.1, -0.05) is 17.4 Å². The van der Waals surface area contributed by atoms with Crippen LogP contribution in [0.25, 0.3) is 10.3 Å². The van der Waals surface area contributed by atoms with Crippen LogP contribution < -0.4 is 10.1 Å². The van der Waals surface area contributed by atoms with Crippen molar-refractivity contribution in [2.24, 2.45) is 0 Å². The van der Waals surface area contributed by atoms with Crippen molar-refractivity contribution in [3.8, 4) is 11.5 Å². The number of pyridine rings is 2. The summed E-state index contributed by atoms with van der Waals surface area (Å²) >= 11 is 1.37. The van der Waals surface area contributed by atoms with Gasteiger partial charge >= 0.3 is 0 Å². The van der Waals surface area contributed by atoms with Crippen LogP contribution in [0.5, 0.6) is 11.5 Å². The van der Waals surface area contributed by atoms with Gasteiger partial charge in [0.15, 0.2) is 22.5 Å². The molecule has 0 radical (unpaired) electrons. The molecule has 0 unspecified atom stereocenters. The lowest BCUT2D eigenvalue weighted by atomic mass is 10.3. The minimum Gasteiger partial charge on any atom is -0.451 e. The molecular weight excluding hydrogens is 346 g/mol. The number of aromatic nitrogens is 3. The fourth-order valence-electron chi connectivity index (χ4n) is 2.17. The molecule has 1 aromatic carbocycles. The Labute approximate surface area is 145 Å². The summed E-state index contributed by atoms with van der Waals surface area (Å²) in [4.78, 5) is 13.6. The molecule has 0 bridgehead atoms. The second-order valence-electron chi connectivity index (χ2n) is 5.00. The molecule has 0 aliphatic heterocycles. The van der Waals surface area contributed by atoms with Crippen LogP contribution in [0.2, 0.25) is 0 Å². The number of para-hydroxylation sites is 1. The van der Waals surface area contributed by atoms with E-state index in [1.807, 2.05) is 12.1 Å². The number of halogens is 2. The molecule has 0 fully saturated rings. The number of fused-ring (bicyclic) bond motifs is 1. The molecule has 1 N–H and O–H groups in total. The zero-order valence-corrected chi connectivity index (χ0v) is 13.4. The number of ether oxygens (including phenoxy) is 1. The van der Waals surface area contributed by atoms with E-state index in [1.54, 1.807) is 6.20 Å². The Morgan fingerprint density at radius 3 is 2.60 bits per heavy atom. The van der Waals surface area contributed by atoms with E-state index in [1.165, 1.54) is 35.7 Å². The molecule has 0 atom stereocenters. The van der Waals surface area contributed by atoms with Gasteiger partial charge in [-0.25, -0.2) is 23.7 Å². The average molecular weight is 356 g/mol. The van der Waals surface area contributed by atoms with Gasteiger partial charge in [0.05, 0.1) is 0 Å². The van der Waals surface area contributed by atoms with Gasteiger partial charge in [-0.15, -0.1) is 0 Å². The molecule has 0 aliphatic carbocycles. The predicted molar refractivity (Wildman–Crippen MR) is 91.4 cm³/mol. The monoisotopic (exact) mass is 356 g/mol. The Morgan fingerprint density at radius 1 is 0.960 bits per heavy atom. The van der Waals surface area contributed by atoms with E-state index in [4.69, 9.17) is 4.74 Å².